The summed E-state index contributed by atoms with van der Waals surface area (Å²) in [6, 6.07) is 10.6. The number of halogens is 1. The van der Waals surface area contributed by atoms with Crippen molar-refractivity contribution in [3.8, 4) is 5.75 Å². The largest absolute Gasteiger partial charge is 0.492 e. The number of benzene rings is 1. The number of amides is 2. The lowest BCUT2D eigenvalue weighted by Crippen LogP contribution is -2.38. The predicted octanol–water partition coefficient (Wildman–Crippen LogP) is 1.97. The van der Waals surface area contributed by atoms with Gasteiger partial charge in [0.05, 0.1) is 13.1 Å². The molecule has 0 aliphatic rings. The number of ether oxygens (including phenoxy) is 1. The summed E-state index contributed by atoms with van der Waals surface area (Å²) in [5.74, 6) is -0.0170. The van der Waals surface area contributed by atoms with Gasteiger partial charge in [-0.2, -0.15) is 0 Å². The van der Waals surface area contributed by atoms with Crippen molar-refractivity contribution in [1.29, 1.82) is 0 Å². The third-order valence-corrected chi connectivity index (χ3v) is 3.31. The molecule has 0 radical (unpaired) electrons. The number of carbonyl (C=O) groups is 2. The van der Waals surface area contributed by atoms with E-state index in [-0.39, 0.29) is 18.1 Å². The van der Waals surface area contributed by atoms with Crippen LogP contribution in [-0.4, -0.2) is 36.5 Å². The summed E-state index contributed by atoms with van der Waals surface area (Å²) in [7, 11) is 0. The van der Waals surface area contributed by atoms with Crippen LogP contribution in [0.25, 0.3) is 0 Å². The minimum Gasteiger partial charge on any atom is -0.492 e. The maximum absolute atomic E-state index is 11.8. The highest BCUT2D eigenvalue weighted by Gasteiger charge is 2.09. The van der Waals surface area contributed by atoms with Gasteiger partial charge in [-0.15, -0.1) is 0 Å². The smallest absolute Gasteiger partial charge is 0.270 e. The van der Waals surface area contributed by atoms with Crippen molar-refractivity contribution in [3.63, 3.8) is 0 Å². The van der Waals surface area contributed by atoms with Gasteiger partial charge in [-0.1, -0.05) is 29.3 Å². The van der Waals surface area contributed by atoms with Crippen molar-refractivity contribution in [2.45, 2.75) is 6.92 Å². The van der Waals surface area contributed by atoms with E-state index in [1.807, 2.05) is 31.2 Å². The summed E-state index contributed by atoms with van der Waals surface area (Å²) in [6.45, 7) is 2.55. The maximum atomic E-state index is 11.8. The van der Waals surface area contributed by atoms with Gasteiger partial charge in [-0.25, -0.2) is 0 Å². The molecule has 2 N–H and O–H groups in total. The molecular weight excluding hydrogens is 330 g/mol. The number of nitrogens with one attached hydrogen (secondary N) is 2. The highest BCUT2D eigenvalue weighted by molar-refractivity contribution is 6.30. The lowest BCUT2D eigenvalue weighted by Gasteiger charge is -2.08. The fourth-order valence-corrected chi connectivity index (χ4v) is 2.00. The van der Waals surface area contributed by atoms with Crippen molar-refractivity contribution in [2.24, 2.45) is 0 Å². The molecule has 1 aromatic carbocycles. The number of aromatic nitrogens is 1. The van der Waals surface area contributed by atoms with Gasteiger partial charge in [-0.05, 0) is 31.2 Å². The minimum atomic E-state index is -0.455. The Hall–Kier alpha value is -2.60. The molecule has 0 saturated heterocycles. The molecule has 0 fully saturated rings. The van der Waals surface area contributed by atoms with E-state index in [0.29, 0.717) is 18.2 Å². The molecule has 2 rings (SSSR count). The van der Waals surface area contributed by atoms with Crippen LogP contribution >= 0.6 is 11.6 Å². The first-order chi connectivity index (χ1) is 11.5. The Morgan fingerprint density at radius 1 is 1.17 bits per heavy atom. The molecular formula is C17H18ClN3O3. The first-order valence-electron chi connectivity index (χ1n) is 7.40. The third-order valence-electron chi connectivity index (χ3n) is 3.08. The van der Waals surface area contributed by atoms with Gasteiger partial charge in [0.1, 0.15) is 18.1 Å². The van der Waals surface area contributed by atoms with Crippen LogP contribution < -0.4 is 15.4 Å². The monoisotopic (exact) mass is 347 g/mol. The summed E-state index contributed by atoms with van der Waals surface area (Å²) in [4.78, 5) is 27.4. The number of hydrogen-bond donors (Lipinski definition) is 2. The van der Waals surface area contributed by atoms with Crippen molar-refractivity contribution in [3.05, 3.63) is 58.9 Å². The molecule has 0 unspecified atom stereocenters. The highest BCUT2D eigenvalue weighted by atomic mass is 35.5. The molecule has 2 amide bonds. The lowest BCUT2D eigenvalue weighted by molar-refractivity contribution is -0.120. The van der Waals surface area contributed by atoms with Crippen molar-refractivity contribution < 1.29 is 14.3 Å². The van der Waals surface area contributed by atoms with Gasteiger partial charge in [0.25, 0.3) is 5.91 Å². The fourth-order valence-electron chi connectivity index (χ4n) is 1.84. The van der Waals surface area contributed by atoms with Crippen LogP contribution in [0.3, 0.4) is 0 Å². The van der Waals surface area contributed by atoms with E-state index < -0.39 is 5.91 Å². The summed E-state index contributed by atoms with van der Waals surface area (Å²) in [5.41, 5.74) is 1.32. The van der Waals surface area contributed by atoms with E-state index >= 15 is 0 Å². The van der Waals surface area contributed by atoms with E-state index in [2.05, 4.69) is 15.6 Å². The van der Waals surface area contributed by atoms with Crippen molar-refractivity contribution >= 4 is 23.4 Å². The molecule has 0 aliphatic heterocycles. The summed E-state index contributed by atoms with van der Waals surface area (Å²) in [5, 5.41) is 5.55. The standard InChI is InChI=1S/C17H18ClN3O3/c1-12-2-4-14(5-3-12)24-9-8-20-16(22)11-21-17(23)15-10-13(18)6-7-19-15/h2-7,10H,8-9,11H2,1H3,(H,20,22)(H,21,23). The van der Waals surface area contributed by atoms with E-state index in [9.17, 15) is 9.59 Å². The Kier molecular flexibility index (Phi) is 6.57. The van der Waals surface area contributed by atoms with Crippen LogP contribution in [0.4, 0.5) is 0 Å². The van der Waals surface area contributed by atoms with Crippen LogP contribution in [0.2, 0.25) is 5.02 Å². The average molecular weight is 348 g/mol. The molecule has 24 heavy (non-hydrogen) atoms. The topological polar surface area (TPSA) is 80.3 Å². The Bertz CT molecular complexity index is 704. The van der Waals surface area contributed by atoms with Gasteiger partial charge < -0.3 is 15.4 Å². The van der Waals surface area contributed by atoms with E-state index in [1.165, 1.54) is 12.3 Å². The second-order valence-corrected chi connectivity index (χ2v) is 5.49. The molecule has 1 aromatic heterocycles. The quantitative estimate of drug-likeness (QED) is 0.750. The molecule has 1 heterocycles. The molecule has 2 aromatic rings. The van der Waals surface area contributed by atoms with E-state index in [1.54, 1.807) is 6.07 Å². The Labute approximate surface area is 145 Å². The van der Waals surface area contributed by atoms with Crippen molar-refractivity contribution in [2.75, 3.05) is 19.7 Å². The van der Waals surface area contributed by atoms with Gasteiger partial charge in [0.15, 0.2) is 0 Å². The first-order valence-corrected chi connectivity index (χ1v) is 7.78. The summed E-state index contributed by atoms with van der Waals surface area (Å²) >= 11 is 5.78. The van der Waals surface area contributed by atoms with Gasteiger partial charge in [-0.3, -0.25) is 14.6 Å². The number of pyridine rings is 1. The molecule has 0 atom stereocenters. The van der Waals surface area contributed by atoms with E-state index in [0.717, 1.165) is 11.3 Å². The van der Waals surface area contributed by atoms with Crippen LogP contribution in [0.5, 0.6) is 5.75 Å². The SMILES string of the molecule is Cc1ccc(OCCNC(=O)CNC(=O)c2cc(Cl)ccn2)cc1. The minimum absolute atomic E-state index is 0.141. The van der Waals surface area contributed by atoms with Gasteiger partial charge in [0.2, 0.25) is 5.91 Å². The number of nitrogens with zero attached hydrogens (tertiary/aromatic N) is 1. The van der Waals surface area contributed by atoms with E-state index in [4.69, 9.17) is 16.3 Å². The molecule has 7 heteroatoms. The molecule has 0 spiro atoms. The molecule has 0 aliphatic carbocycles. The Morgan fingerprint density at radius 2 is 1.92 bits per heavy atom. The van der Waals surface area contributed by atoms with Crippen LogP contribution in [0.15, 0.2) is 42.6 Å². The summed E-state index contributed by atoms with van der Waals surface area (Å²) in [6.07, 6.45) is 1.43. The Morgan fingerprint density at radius 3 is 2.62 bits per heavy atom. The number of carbonyl (C=O) groups excluding carboxylic acids is 2. The zero-order chi connectivity index (χ0) is 17.4. The number of rotatable bonds is 7. The molecule has 126 valence electrons. The number of aryl methyl sites for hydroxylation is 1. The molecule has 0 bridgehead atoms. The molecule has 0 saturated carbocycles. The van der Waals surface area contributed by atoms with Crippen LogP contribution in [0.1, 0.15) is 16.1 Å². The average Bonchev–Trinajstić information content (AvgIpc) is 2.58. The summed E-state index contributed by atoms with van der Waals surface area (Å²) < 4.78 is 5.49. The highest BCUT2D eigenvalue weighted by Crippen LogP contribution is 2.10. The van der Waals surface area contributed by atoms with Crippen LogP contribution in [-0.2, 0) is 4.79 Å². The maximum Gasteiger partial charge on any atom is 0.270 e. The van der Waals surface area contributed by atoms with Crippen LogP contribution in [0, 0.1) is 6.92 Å². The normalized spacial score (nSPS) is 10.1. The number of hydrogen-bond acceptors (Lipinski definition) is 4. The zero-order valence-corrected chi connectivity index (χ0v) is 14.0. The van der Waals surface area contributed by atoms with Gasteiger partial charge >= 0.3 is 0 Å². The second kappa shape index (κ2) is 8.88. The molecule has 6 nitrogen and oxygen atoms in total. The second-order valence-electron chi connectivity index (χ2n) is 5.05. The zero-order valence-electron chi connectivity index (χ0n) is 13.2. The first kappa shape index (κ1) is 17.7. The third kappa shape index (κ3) is 5.89. The van der Waals surface area contributed by atoms with Gasteiger partial charge in [0, 0.05) is 11.2 Å². The fraction of sp³-hybridized carbons (Fsp3) is 0.235. The lowest BCUT2D eigenvalue weighted by atomic mass is 10.2. The van der Waals surface area contributed by atoms with Crippen molar-refractivity contribution in [1.82, 2.24) is 15.6 Å². The predicted molar refractivity (Wildman–Crippen MR) is 91.3 cm³/mol. The Balaban J connectivity index is 1.64.